The number of likely N-dealkylation sites (N-methyl/N-ethyl adjacent to an activating group) is 1. The van der Waals surface area contributed by atoms with E-state index in [9.17, 15) is 10.00 Å². The lowest BCUT2D eigenvalue weighted by atomic mass is 10.5. The van der Waals surface area contributed by atoms with Crippen molar-refractivity contribution in [2.24, 2.45) is 0 Å². The van der Waals surface area contributed by atoms with Crippen molar-refractivity contribution in [3.63, 3.8) is 0 Å². The lowest BCUT2D eigenvalue weighted by Gasteiger charge is -2.22. The number of hydrogen-bond acceptors (Lipinski definition) is 2. The first-order chi connectivity index (χ1) is 5.72. The van der Waals surface area contributed by atoms with Crippen LogP contribution in [0.5, 0.6) is 0 Å². The highest BCUT2D eigenvalue weighted by atomic mass is 31.1. The molecule has 0 saturated heterocycles. The average Bonchev–Trinajstić information content (AvgIpc) is 1.81. The van der Waals surface area contributed by atoms with Gasteiger partial charge in [-0.05, 0) is 6.92 Å². The molecule has 0 aromatic heterocycles. The zero-order valence-corrected chi connectivity index (χ0v) is 9.58. The monoisotopic (exact) mass is 208 g/mol. The van der Waals surface area contributed by atoms with Crippen LogP contribution < -0.4 is 4.89 Å². The number of aliphatic hydroxyl groups is 2. The van der Waals surface area contributed by atoms with Crippen LogP contribution in [0.15, 0.2) is 0 Å². The van der Waals surface area contributed by atoms with E-state index < -0.39 is 13.9 Å². The molecule has 0 rings (SSSR count). The van der Waals surface area contributed by atoms with Crippen LogP contribution in [-0.2, 0) is 0 Å². The minimum atomic E-state index is -1.79. The van der Waals surface area contributed by atoms with Crippen LogP contribution >= 0.6 is 7.77 Å². The maximum atomic E-state index is 11.3. The summed E-state index contributed by atoms with van der Waals surface area (Å²) >= 11 is 0. The second-order valence-electron chi connectivity index (χ2n) is 4.27. The van der Waals surface area contributed by atoms with Crippen LogP contribution in [0.1, 0.15) is 6.92 Å². The molecule has 0 radical (unpaired) electrons. The van der Waals surface area contributed by atoms with Crippen molar-refractivity contribution in [2.45, 2.75) is 13.0 Å². The second-order valence-corrected chi connectivity index (χ2v) is 5.91. The quantitative estimate of drug-likeness (QED) is 0.476. The third-order valence-electron chi connectivity index (χ3n) is 1.33. The standard InChI is InChI=1S/C8H18NO3P/c1-7(10)6-13(12)8(11)5-9(2,3)4/h7,10H,5-6H2,1-4H3/p+1. The van der Waals surface area contributed by atoms with Crippen molar-refractivity contribution in [2.75, 3.05) is 33.8 Å². The van der Waals surface area contributed by atoms with Crippen molar-refractivity contribution in [3.8, 4) is 0 Å². The first-order valence-electron chi connectivity index (χ1n) is 4.20. The van der Waals surface area contributed by atoms with Crippen LogP contribution in [-0.4, -0.2) is 60.1 Å². The Hall–Kier alpha value is 0.0100. The van der Waals surface area contributed by atoms with Crippen molar-refractivity contribution in [3.05, 3.63) is 0 Å². The number of nitrogens with zero attached hydrogens (tertiary/aromatic N) is 1. The minimum absolute atomic E-state index is 0.0107. The van der Waals surface area contributed by atoms with Crippen LogP contribution in [0.25, 0.3) is 0 Å². The van der Waals surface area contributed by atoms with Gasteiger partial charge in [-0.1, -0.05) is 0 Å². The number of quaternary nitrogens is 1. The van der Waals surface area contributed by atoms with Gasteiger partial charge in [0.15, 0.2) is 6.54 Å². The fourth-order valence-electron chi connectivity index (χ4n) is 0.848. The Morgan fingerprint density at radius 1 is 1.46 bits per heavy atom. The van der Waals surface area contributed by atoms with Gasteiger partial charge in [0.05, 0.1) is 35.0 Å². The van der Waals surface area contributed by atoms with Gasteiger partial charge >= 0.3 is 0 Å². The molecule has 2 unspecified atom stereocenters. The lowest BCUT2D eigenvalue weighted by molar-refractivity contribution is -0.861. The average molecular weight is 208 g/mol. The van der Waals surface area contributed by atoms with Crippen LogP contribution in [0.3, 0.4) is 0 Å². The molecule has 78 valence electrons. The Kier molecular flexibility index (Phi) is 5.04. The van der Waals surface area contributed by atoms with Crippen molar-refractivity contribution < 1.29 is 19.6 Å². The van der Waals surface area contributed by atoms with E-state index in [0.717, 1.165) is 0 Å². The molecule has 0 bridgehead atoms. The summed E-state index contributed by atoms with van der Waals surface area (Å²) in [6.07, 6.45) is -0.487. The summed E-state index contributed by atoms with van der Waals surface area (Å²) in [5.41, 5.74) is -0.0107. The molecular formula is C8H19NO3P+. The van der Waals surface area contributed by atoms with Crippen molar-refractivity contribution in [1.29, 1.82) is 0 Å². The zero-order chi connectivity index (χ0) is 10.6. The van der Waals surface area contributed by atoms with Gasteiger partial charge in [0, 0.05) is 0 Å². The van der Waals surface area contributed by atoms with Gasteiger partial charge in [-0.2, -0.15) is 0 Å². The predicted molar refractivity (Wildman–Crippen MR) is 53.3 cm³/mol. The Morgan fingerprint density at radius 3 is 2.23 bits per heavy atom. The topological polar surface area (TPSA) is 63.5 Å². The van der Waals surface area contributed by atoms with Gasteiger partial charge in [0.2, 0.25) is 0 Å². The molecule has 0 aliphatic rings. The van der Waals surface area contributed by atoms with E-state index in [1.807, 2.05) is 21.1 Å². The molecule has 0 aromatic rings. The summed E-state index contributed by atoms with van der Waals surface area (Å²) in [4.78, 5) is 11.3. The van der Waals surface area contributed by atoms with Crippen LogP contribution in [0.4, 0.5) is 0 Å². The normalized spacial score (nSPS) is 16.8. The number of hydrogen-bond donors (Lipinski definition) is 2. The molecule has 0 aromatic carbocycles. The van der Waals surface area contributed by atoms with E-state index in [2.05, 4.69) is 0 Å². The Labute approximate surface area is 80.5 Å². The number of aliphatic hydroxyl groups excluding tert-OH is 2. The molecular weight excluding hydrogens is 189 g/mol. The molecule has 2 N–H and O–H groups in total. The maximum Gasteiger partial charge on any atom is 0.274 e. The third-order valence-corrected chi connectivity index (χ3v) is 2.91. The fourth-order valence-corrected chi connectivity index (χ4v) is 2.12. The number of rotatable bonds is 4. The van der Waals surface area contributed by atoms with E-state index in [0.29, 0.717) is 11.0 Å². The zero-order valence-electron chi connectivity index (χ0n) is 8.69. The van der Waals surface area contributed by atoms with Gasteiger partial charge in [-0.3, -0.25) is 0 Å². The highest BCUT2D eigenvalue weighted by Gasteiger charge is 2.18. The molecule has 0 heterocycles. The summed E-state index contributed by atoms with van der Waals surface area (Å²) in [6.45, 7) is 1.92. The molecule has 0 fully saturated rings. The Balaban J connectivity index is 4.27. The van der Waals surface area contributed by atoms with E-state index in [4.69, 9.17) is 5.11 Å². The summed E-state index contributed by atoms with van der Waals surface area (Å²) in [5, 5.41) is 18.4. The fraction of sp³-hybridized carbons (Fsp3) is 0.875. The van der Waals surface area contributed by atoms with Crippen molar-refractivity contribution in [1.82, 2.24) is 0 Å². The first-order valence-corrected chi connectivity index (χ1v) is 5.65. The second kappa shape index (κ2) is 5.03. The Bertz CT molecular complexity index is 196. The molecule has 13 heavy (non-hydrogen) atoms. The molecule has 0 aliphatic carbocycles. The summed E-state index contributed by atoms with van der Waals surface area (Å²) < 4.78 is 0.534. The summed E-state index contributed by atoms with van der Waals surface area (Å²) in [5.74, 6) is 0. The van der Waals surface area contributed by atoms with Gasteiger partial charge in [-0.15, -0.1) is 0 Å². The van der Waals surface area contributed by atoms with Crippen LogP contribution in [0, 0.1) is 0 Å². The van der Waals surface area contributed by atoms with Crippen molar-refractivity contribution >= 4 is 13.3 Å². The molecule has 0 amide bonds. The molecule has 4 nitrogen and oxygen atoms in total. The van der Waals surface area contributed by atoms with Gasteiger partial charge in [0.1, 0.15) is 6.16 Å². The summed E-state index contributed by atoms with van der Waals surface area (Å²) in [7, 11) is 3.92. The van der Waals surface area contributed by atoms with Gasteiger partial charge in [-0.25, -0.2) is 0 Å². The summed E-state index contributed by atoms with van der Waals surface area (Å²) in [6, 6.07) is 0. The van der Waals surface area contributed by atoms with Gasteiger partial charge < -0.3 is 19.6 Å². The lowest BCUT2D eigenvalue weighted by Crippen LogP contribution is -2.39. The third kappa shape index (κ3) is 7.11. The molecule has 0 spiro atoms. The van der Waals surface area contributed by atoms with E-state index in [1.165, 1.54) is 0 Å². The van der Waals surface area contributed by atoms with E-state index in [1.54, 1.807) is 6.92 Å². The highest BCUT2D eigenvalue weighted by molar-refractivity contribution is 7.51. The van der Waals surface area contributed by atoms with Gasteiger partial charge in [0.25, 0.3) is 5.48 Å². The first kappa shape index (κ1) is 13.0. The predicted octanol–water partition coefficient (Wildman–Crippen LogP) is -0.667. The smallest absolute Gasteiger partial charge is 0.274 e. The van der Waals surface area contributed by atoms with Crippen LogP contribution in [0.2, 0.25) is 0 Å². The largest absolute Gasteiger partial charge is 0.628 e. The molecule has 0 aliphatic heterocycles. The SMILES string of the molecule is CC(O)C/[P+]([O-])=C(\O)C[N+](C)(C)C. The van der Waals surface area contributed by atoms with E-state index in [-0.39, 0.29) is 11.6 Å². The highest BCUT2D eigenvalue weighted by Crippen LogP contribution is 2.15. The molecule has 0 saturated carbocycles. The maximum absolute atomic E-state index is 11.3. The Morgan fingerprint density at radius 2 is 1.92 bits per heavy atom. The molecule has 5 heteroatoms. The molecule has 2 atom stereocenters. The van der Waals surface area contributed by atoms with E-state index >= 15 is 0 Å². The minimum Gasteiger partial charge on any atom is -0.628 e.